The summed E-state index contributed by atoms with van der Waals surface area (Å²) in [6.07, 6.45) is 1.11. The molecule has 0 heterocycles. The van der Waals surface area contributed by atoms with Gasteiger partial charge >= 0.3 is 0 Å². The standard InChI is InChI=1S/C27H28Cl2FN3O4S/c1-3-31-27(35)25(15-19-8-5-4-6-9-19)32(17-20-12-13-23(28)24(29)14-20)26(34)18-33(38(2,36)37)22-11-7-10-21(30)16-22/h4-14,16,25H,3,15,17-18H2,1-2H3,(H,31,35). The number of halogens is 3. The number of anilines is 1. The number of amides is 2. The number of nitrogens with one attached hydrogen (secondary N) is 1. The molecule has 0 fully saturated rings. The predicted octanol–water partition coefficient (Wildman–Crippen LogP) is 4.67. The summed E-state index contributed by atoms with van der Waals surface area (Å²) in [6.45, 7) is 1.40. The van der Waals surface area contributed by atoms with Crippen LogP contribution in [-0.2, 0) is 32.6 Å². The van der Waals surface area contributed by atoms with Crippen molar-refractivity contribution in [3.63, 3.8) is 0 Å². The Hall–Kier alpha value is -3.14. The first-order valence-electron chi connectivity index (χ1n) is 11.8. The van der Waals surface area contributed by atoms with Gasteiger partial charge in [0.25, 0.3) is 0 Å². The summed E-state index contributed by atoms with van der Waals surface area (Å²) in [5, 5.41) is 3.36. The molecule has 2 amide bonds. The molecular weight excluding hydrogens is 552 g/mol. The monoisotopic (exact) mass is 579 g/mol. The summed E-state index contributed by atoms with van der Waals surface area (Å²) in [6, 6.07) is 18.0. The molecule has 0 aliphatic carbocycles. The van der Waals surface area contributed by atoms with E-state index in [9.17, 15) is 22.4 Å². The molecule has 38 heavy (non-hydrogen) atoms. The minimum Gasteiger partial charge on any atom is -0.355 e. The summed E-state index contributed by atoms with van der Waals surface area (Å²) in [7, 11) is -3.98. The lowest BCUT2D eigenvalue weighted by Crippen LogP contribution is -2.53. The smallest absolute Gasteiger partial charge is 0.244 e. The fourth-order valence-corrected chi connectivity index (χ4v) is 5.09. The molecule has 202 valence electrons. The Bertz CT molecular complexity index is 1390. The fraction of sp³-hybridized carbons (Fsp3) is 0.259. The summed E-state index contributed by atoms with van der Waals surface area (Å²) >= 11 is 12.3. The lowest BCUT2D eigenvalue weighted by Gasteiger charge is -2.33. The first-order chi connectivity index (χ1) is 18.0. The largest absolute Gasteiger partial charge is 0.355 e. The second kappa shape index (κ2) is 13.1. The number of hydrogen-bond acceptors (Lipinski definition) is 4. The van der Waals surface area contributed by atoms with Crippen LogP contribution in [0.1, 0.15) is 18.1 Å². The molecule has 0 saturated heterocycles. The number of benzene rings is 3. The predicted molar refractivity (Wildman–Crippen MR) is 148 cm³/mol. The Balaban J connectivity index is 2.05. The van der Waals surface area contributed by atoms with Crippen LogP contribution in [0.4, 0.5) is 10.1 Å². The first kappa shape index (κ1) is 29.4. The van der Waals surface area contributed by atoms with Gasteiger partial charge in [-0.25, -0.2) is 12.8 Å². The minimum absolute atomic E-state index is 0.00652. The molecule has 1 atom stereocenters. The highest BCUT2D eigenvalue weighted by molar-refractivity contribution is 7.92. The van der Waals surface area contributed by atoms with Crippen LogP contribution in [-0.4, -0.2) is 50.5 Å². The van der Waals surface area contributed by atoms with E-state index in [0.717, 1.165) is 22.2 Å². The second-order valence-corrected chi connectivity index (χ2v) is 11.3. The Kier molecular flexibility index (Phi) is 10.1. The molecule has 11 heteroatoms. The lowest BCUT2D eigenvalue weighted by molar-refractivity contribution is -0.140. The van der Waals surface area contributed by atoms with Gasteiger partial charge in [0.15, 0.2) is 0 Å². The normalized spacial score (nSPS) is 12.0. The molecule has 0 radical (unpaired) electrons. The molecule has 1 N–H and O–H groups in total. The van der Waals surface area contributed by atoms with Crippen molar-refractivity contribution in [3.05, 3.63) is 99.8 Å². The van der Waals surface area contributed by atoms with Crippen molar-refractivity contribution in [2.45, 2.75) is 25.9 Å². The zero-order valence-corrected chi connectivity index (χ0v) is 23.2. The maximum absolute atomic E-state index is 13.9. The van der Waals surface area contributed by atoms with Crippen LogP contribution < -0.4 is 9.62 Å². The van der Waals surface area contributed by atoms with Gasteiger partial charge in [-0.15, -0.1) is 0 Å². The maximum Gasteiger partial charge on any atom is 0.244 e. The van der Waals surface area contributed by atoms with Crippen LogP contribution in [0.2, 0.25) is 10.0 Å². The third-order valence-corrected chi connectivity index (χ3v) is 7.61. The van der Waals surface area contributed by atoms with E-state index < -0.39 is 40.2 Å². The van der Waals surface area contributed by atoms with Crippen LogP contribution in [0.3, 0.4) is 0 Å². The molecule has 3 rings (SSSR count). The molecule has 0 aliphatic rings. The maximum atomic E-state index is 13.9. The molecule has 0 aliphatic heterocycles. The SMILES string of the molecule is CCNC(=O)C(Cc1ccccc1)N(Cc1ccc(Cl)c(Cl)c1)C(=O)CN(c1cccc(F)c1)S(C)(=O)=O. The zero-order valence-electron chi connectivity index (χ0n) is 20.9. The van der Waals surface area contributed by atoms with E-state index in [0.29, 0.717) is 17.1 Å². The van der Waals surface area contributed by atoms with Gasteiger partial charge < -0.3 is 10.2 Å². The topological polar surface area (TPSA) is 86.8 Å². The van der Waals surface area contributed by atoms with Crippen LogP contribution in [0.25, 0.3) is 0 Å². The number of carbonyl (C=O) groups is 2. The van der Waals surface area contributed by atoms with Crippen molar-refractivity contribution >= 4 is 50.7 Å². The Morgan fingerprint density at radius 3 is 2.26 bits per heavy atom. The van der Waals surface area contributed by atoms with Crippen molar-refractivity contribution in [1.29, 1.82) is 0 Å². The average molecular weight is 581 g/mol. The van der Waals surface area contributed by atoms with Gasteiger partial charge in [-0.2, -0.15) is 0 Å². The van der Waals surface area contributed by atoms with Gasteiger partial charge in [0, 0.05) is 19.5 Å². The molecule has 0 spiro atoms. The molecule has 3 aromatic carbocycles. The molecular formula is C27H28Cl2FN3O4S. The van der Waals surface area contributed by atoms with Crippen LogP contribution in [0.5, 0.6) is 0 Å². The van der Waals surface area contributed by atoms with Crippen LogP contribution in [0.15, 0.2) is 72.8 Å². The van der Waals surface area contributed by atoms with Crippen molar-refractivity contribution in [3.8, 4) is 0 Å². The van der Waals surface area contributed by atoms with Gasteiger partial charge in [-0.3, -0.25) is 13.9 Å². The Labute approximate surface area is 232 Å². The van der Waals surface area contributed by atoms with Crippen molar-refractivity contribution in [2.75, 3.05) is 23.7 Å². The van der Waals surface area contributed by atoms with E-state index in [2.05, 4.69) is 5.32 Å². The van der Waals surface area contributed by atoms with Gasteiger partial charge in [0.2, 0.25) is 21.8 Å². The summed E-state index contributed by atoms with van der Waals surface area (Å²) in [5.74, 6) is -1.71. The molecule has 0 aromatic heterocycles. The highest BCUT2D eigenvalue weighted by Crippen LogP contribution is 2.25. The quantitative estimate of drug-likeness (QED) is 0.357. The lowest BCUT2D eigenvalue weighted by atomic mass is 10.0. The van der Waals surface area contributed by atoms with Gasteiger partial charge in [-0.1, -0.05) is 65.7 Å². The summed E-state index contributed by atoms with van der Waals surface area (Å²) in [5.41, 5.74) is 1.39. The highest BCUT2D eigenvalue weighted by Gasteiger charge is 2.33. The van der Waals surface area contributed by atoms with E-state index in [4.69, 9.17) is 23.2 Å². The first-order valence-corrected chi connectivity index (χ1v) is 14.4. The number of hydrogen-bond donors (Lipinski definition) is 1. The van der Waals surface area contributed by atoms with Crippen molar-refractivity contribution in [2.24, 2.45) is 0 Å². The van der Waals surface area contributed by atoms with Gasteiger partial charge in [0.05, 0.1) is 22.0 Å². The van der Waals surface area contributed by atoms with E-state index in [1.54, 1.807) is 25.1 Å². The fourth-order valence-electron chi connectivity index (χ4n) is 3.93. The van der Waals surface area contributed by atoms with Crippen molar-refractivity contribution < 1.29 is 22.4 Å². The molecule has 3 aromatic rings. The van der Waals surface area contributed by atoms with Gasteiger partial charge in [0.1, 0.15) is 18.4 Å². The third-order valence-electron chi connectivity index (χ3n) is 5.73. The highest BCUT2D eigenvalue weighted by atomic mass is 35.5. The molecule has 0 saturated carbocycles. The van der Waals surface area contributed by atoms with E-state index in [1.165, 1.54) is 23.1 Å². The Morgan fingerprint density at radius 1 is 0.947 bits per heavy atom. The number of rotatable bonds is 11. The molecule has 0 bridgehead atoms. The Morgan fingerprint density at radius 2 is 1.66 bits per heavy atom. The summed E-state index contributed by atoms with van der Waals surface area (Å²) < 4.78 is 40.1. The van der Waals surface area contributed by atoms with Crippen LogP contribution in [0, 0.1) is 5.82 Å². The zero-order chi connectivity index (χ0) is 27.9. The molecule has 7 nitrogen and oxygen atoms in total. The average Bonchev–Trinajstić information content (AvgIpc) is 2.86. The number of carbonyl (C=O) groups excluding carboxylic acids is 2. The second-order valence-electron chi connectivity index (χ2n) is 8.62. The number of nitrogens with zero attached hydrogens (tertiary/aromatic N) is 2. The van der Waals surface area contributed by atoms with E-state index >= 15 is 0 Å². The summed E-state index contributed by atoms with van der Waals surface area (Å²) in [4.78, 5) is 28.4. The van der Waals surface area contributed by atoms with Crippen LogP contribution >= 0.6 is 23.2 Å². The third kappa shape index (κ3) is 7.93. The number of likely N-dealkylation sites (N-methyl/N-ethyl adjacent to an activating group) is 1. The van der Waals surface area contributed by atoms with E-state index in [-0.39, 0.29) is 23.7 Å². The van der Waals surface area contributed by atoms with Gasteiger partial charge in [-0.05, 0) is 48.4 Å². The van der Waals surface area contributed by atoms with E-state index in [1.807, 2.05) is 30.3 Å². The number of sulfonamides is 1. The minimum atomic E-state index is -3.98. The van der Waals surface area contributed by atoms with Crippen molar-refractivity contribution in [1.82, 2.24) is 10.2 Å². The molecule has 1 unspecified atom stereocenters.